The number of nitrogens with zero attached hydrogens (tertiary/aromatic N) is 1. The van der Waals surface area contributed by atoms with Crippen LogP contribution in [0, 0.1) is 0 Å². The molecule has 1 heterocycles. The molecule has 0 amide bonds. The van der Waals surface area contributed by atoms with Crippen LogP contribution < -0.4 is 4.90 Å². The molecule has 4 heteroatoms. The Labute approximate surface area is 144 Å². The Balaban J connectivity index is 1.84. The second-order valence-electron chi connectivity index (χ2n) is 5.41. The first-order valence-electron chi connectivity index (χ1n) is 7.62. The number of ether oxygens (including phenoxy) is 1. The van der Waals surface area contributed by atoms with Crippen molar-refractivity contribution in [3.8, 4) is 0 Å². The predicted molar refractivity (Wildman–Crippen MR) is 96.6 cm³/mol. The summed E-state index contributed by atoms with van der Waals surface area (Å²) in [6.45, 7) is 0. The lowest BCUT2D eigenvalue weighted by Crippen LogP contribution is -2.14. The summed E-state index contributed by atoms with van der Waals surface area (Å²) in [7, 11) is 1.39. The summed E-state index contributed by atoms with van der Waals surface area (Å²) in [6.07, 6.45) is 0. The zero-order chi connectivity index (χ0) is 16.5. The zero-order valence-corrected chi connectivity index (χ0v) is 13.9. The number of anilines is 3. The lowest BCUT2D eigenvalue weighted by molar-refractivity contribution is 0.0601. The highest BCUT2D eigenvalue weighted by Gasteiger charge is 2.24. The number of carbonyl (C=O) groups excluding carboxylic acids is 1. The van der Waals surface area contributed by atoms with Crippen LogP contribution in [-0.4, -0.2) is 13.1 Å². The van der Waals surface area contributed by atoms with Gasteiger partial charge in [0.15, 0.2) is 0 Å². The summed E-state index contributed by atoms with van der Waals surface area (Å²) in [5, 5.41) is 0. The number of hydrogen-bond donors (Lipinski definition) is 0. The molecule has 3 aromatic carbocycles. The third kappa shape index (κ3) is 2.45. The molecule has 0 atom stereocenters. The summed E-state index contributed by atoms with van der Waals surface area (Å²) in [5.41, 5.74) is 3.86. The van der Waals surface area contributed by atoms with E-state index < -0.39 is 0 Å². The van der Waals surface area contributed by atoms with Gasteiger partial charge in [0.1, 0.15) is 0 Å². The second-order valence-corrected chi connectivity index (χ2v) is 6.50. The van der Waals surface area contributed by atoms with Crippen LogP contribution in [0.15, 0.2) is 82.6 Å². The Morgan fingerprint density at radius 2 is 1.38 bits per heavy atom. The summed E-state index contributed by atoms with van der Waals surface area (Å²) >= 11 is 1.78. The molecule has 3 aromatic rings. The van der Waals surface area contributed by atoms with Crippen LogP contribution in [0.5, 0.6) is 0 Å². The number of hydrogen-bond acceptors (Lipinski definition) is 4. The number of esters is 1. The Hall–Kier alpha value is -2.72. The minimum absolute atomic E-state index is 0.323. The van der Waals surface area contributed by atoms with Gasteiger partial charge < -0.3 is 9.64 Å². The molecule has 3 nitrogen and oxygen atoms in total. The Bertz CT molecular complexity index is 860. The minimum atomic E-state index is -0.323. The van der Waals surface area contributed by atoms with Gasteiger partial charge in [0.25, 0.3) is 0 Å². The van der Waals surface area contributed by atoms with Crippen molar-refractivity contribution >= 4 is 34.8 Å². The van der Waals surface area contributed by atoms with E-state index in [9.17, 15) is 4.79 Å². The van der Waals surface area contributed by atoms with E-state index in [0.717, 1.165) is 17.1 Å². The molecule has 0 bridgehead atoms. The first-order chi connectivity index (χ1) is 11.8. The van der Waals surface area contributed by atoms with Gasteiger partial charge >= 0.3 is 5.97 Å². The smallest absolute Gasteiger partial charge is 0.337 e. The number of carbonyl (C=O) groups is 1. The van der Waals surface area contributed by atoms with E-state index in [0.29, 0.717) is 5.56 Å². The maximum Gasteiger partial charge on any atom is 0.337 e. The molecule has 4 rings (SSSR count). The van der Waals surface area contributed by atoms with E-state index in [1.807, 2.05) is 24.3 Å². The van der Waals surface area contributed by atoms with E-state index in [4.69, 9.17) is 4.74 Å². The van der Waals surface area contributed by atoms with Crippen molar-refractivity contribution < 1.29 is 9.53 Å². The zero-order valence-electron chi connectivity index (χ0n) is 13.1. The predicted octanol–water partition coefficient (Wildman–Crippen LogP) is 5.41. The average molecular weight is 333 g/mol. The van der Waals surface area contributed by atoms with Crippen LogP contribution in [0.3, 0.4) is 0 Å². The normalized spacial score (nSPS) is 12.3. The largest absolute Gasteiger partial charge is 0.465 e. The third-order valence-corrected chi connectivity index (χ3v) is 5.11. The van der Waals surface area contributed by atoms with Crippen LogP contribution in [-0.2, 0) is 4.74 Å². The molecule has 0 aromatic heterocycles. The van der Waals surface area contributed by atoms with Crippen LogP contribution in [0.1, 0.15) is 10.4 Å². The fourth-order valence-corrected chi connectivity index (χ4v) is 3.91. The fourth-order valence-electron chi connectivity index (χ4n) is 2.85. The van der Waals surface area contributed by atoms with Gasteiger partial charge in [-0.2, -0.15) is 0 Å². The first-order valence-corrected chi connectivity index (χ1v) is 8.44. The highest BCUT2D eigenvalue weighted by Crippen LogP contribution is 2.50. The lowest BCUT2D eigenvalue weighted by atomic mass is 10.1. The number of para-hydroxylation sites is 2. The van der Waals surface area contributed by atoms with Gasteiger partial charge in [-0.05, 0) is 48.5 Å². The standard InChI is InChI=1S/C20H15NO2S/c1-23-20(22)14-10-12-15(13-11-14)21-16-6-2-4-8-18(16)24-19-9-5-3-7-17(19)21/h2-13H,1H3. The number of rotatable bonds is 2. The monoisotopic (exact) mass is 333 g/mol. The van der Waals surface area contributed by atoms with E-state index >= 15 is 0 Å². The topological polar surface area (TPSA) is 29.5 Å². The maximum atomic E-state index is 11.7. The summed E-state index contributed by atoms with van der Waals surface area (Å²) in [5.74, 6) is -0.323. The van der Waals surface area contributed by atoms with E-state index in [1.54, 1.807) is 23.9 Å². The number of benzene rings is 3. The Morgan fingerprint density at radius 1 is 0.833 bits per heavy atom. The van der Waals surface area contributed by atoms with Crippen molar-refractivity contribution in [2.75, 3.05) is 12.0 Å². The molecule has 1 aliphatic rings. The first kappa shape index (κ1) is 14.8. The molecule has 24 heavy (non-hydrogen) atoms. The lowest BCUT2D eigenvalue weighted by Gasteiger charge is -2.32. The van der Waals surface area contributed by atoms with Crippen LogP contribution in [0.25, 0.3) is 0 Å². The van der Waals surface area contributed by atoms with Crippen LogP contribution in [0.2, 0.25) is 0 Å². The molecule has 0 spiro atoms. The van der Waals surface area contributed by atoms with Crippen LogP contribution >= 0.6 is 11.8 Å². The average Bonchev–Trinajstić information content (AvgIpc) is 2.65. The quantitative estimate of drug-likeness (QED) is 0.459. The van der Waals surface area contributed by atoms with Crippen molar-refractivity contribution in [3.05, 3.63) is 78.4 Å². The molecule has 1 aliphatic heterocycles. The highest BCUT2D eigenvalue weighted by atomic mass is 32.2. The van der Waals surface area contributed by atoms with Gasteiger partial charge in [-0.1, -0.05) is 36.0 Å². The van der Waals surface area contributed by atoms with Crippen molar-refractivity contribution in [1.29, 1.82) is 0 Å². The van der Waals surface area contributed by atoms with Gasteiger partial charge in [-0.3, -0.25) is 0 Å². The summed E-state index contributed by atoms with van der Waals surface area (Å²) in [4.78, 5) is 16.3. The molecular formula is C20H15NO2S. The van der Waals surface area contributed by atoms with Gasteiger partial charge in [-0.15, -0.1) is 0 Å². The molecule has 118 valence electrons. The van der Waals surface area contributed by atoms with Crippen molar-refractivity contribution in [1.82, 2.24) is 0 Å². The number of fused-ring (bicyclic) bond motifs is 2. The van der Waals surface area contributed by atoms with Crippen molar-refractivity contribution in [3.63, 3.8) is 0 Å². The Kier molecular flexibility index (Phi) is 3.75. The van der Waals surface area contributed by atoms with Gasteiger partial charge in [0.05, 0.1) is 24.0 Å². The van der Waals surface area contributed by atoms with Gasteiger partial charge in [-0.25, -0.2) is 4.79 Å². The molecular weight excluding hydrogens is 318 g/mol. The third-order valence-electron chi connectivity index (χ3n) is 3.98. The molecule has 0 unspecified atom stereocenters. The molecule has 0 fully saturated rings. The molecule has 0 aliphatic carbocycles. The number of methoxy groups -OCH3 is 1. The van der Waals surface area contributed by atoms with Crippen LogP contribution in [0.4, 0.5) is 17.1 Å². The molecule has 0 N–H and O–H groups in total. The van der Waals surface area contributed by atoms with E-state index in [1.165, 1.54) is 16.9 Å². The maximum absolute atomic E-state index is 11.7. The summed E-state index contributed by atoms with van der Waals surface area (Å²) in [6, 6.07) is 24.2. The van der Waals surface area contributed by atoms with Crippen molar-refractivity contribution in [2.45, 2.75) is 9.79 Å². The van der Waals surface area contributed by atoms with Gasteiger partial charge in [0.2, 0.25) is 0 Å². The molecule has 0 saturated carbocycles. The van der Waals surface area contributed by atoms with E-state index in [2.05, 4.69) is 41.3 Å². The highest BCUT2D eigenvalue weighted by molar-refractivity contribution is 7.99. The molecule has 0 saturated heterocycles. The minimum Gasteiger partial charge on any atom is -0.465 e. The SMILES string of the molecule is COC(=O)c1ccc(N2c3ccccc3Sc3ccccc32)cc1. The second kappa shape index (κ2) is 6.06. The van der Waals surface area contributed by atoms with E-state index in [-0.39, 0.29) is 5.97 Å². The Morgan fingerprint density at radius 3 is 1.92 bits per heavy atom. The van der Waals surface area contributed by atoms with Gasteiger partial charge in [0, 0.05) is 15.5 Å². The van der Waals surface area contributed by atoms with Crippen molar-refractivity contribution in [2.24, 2.45) is 0 Å². The summed E-state index contributed by atoms with van der Waals surface area (Å²) < 4.78 is 4.78. The molecule has 0 radical (unpaired) electrons. The fraction of sp³-hybridized carbons (Fsp3) is 0.0500.